The molecule has 0 aliphatic carbocycles. The zero-order chi connectivity index (χ0) is 10.8. The van der Waals surface area contributed by atoms with E-state index in [2.05, 4.69) is 27.4 Å². The summed E-state index contributed by atoms with van der Waals surface area (Å²) in [6.07, 6.45) is 2.27. The Morgan fingerprint density at radius 2 is 2.21 bits per heavy atom. The molecule has 0 aromatic heterocycles. The first kappa shape index (κ1) is 11.2. The molecule has 0 bridgehead atoms. The molecule has 2 atom stereocenters. The number of hydrogen-bond donors (Lipinski definition) is 1. The van der Waals surface area contributed by atoms with Crippen molar-refractivity contribution in [2.45, 2.75) is 38.8 Å². The third kappa shape index (κ3) is 2.84. The highest BCUT2D eigenvalue weighted by atomic mass is 16.5. The van der Waals surface area contributed by atoms with E-state index in [4.69, 9.17) is 4.74 Å². The lowest BCUT2D eigenvalue weighted by molar-refractivity contribution is -0.936. The fourth-order valence-electron chi connectivity index (χ4n) is 1.81. The monoisotopic (exact) mass is 198 g/mol. The van der Waals surface area contributed by atoms with Gasteiger partial charge in [-0.05, 0) is 20.8 Å². The molecule has 1 saturated heterocycles. The van der Waals surface area contributed by atoms with Crippen LogP contribution in [0.3, 0.4) is 0 Å². The quantitative estimate of drug-likeness (QED) is 0.506. The number of hydrogen-bond acceptors (Lipinski definition) is 2. The van der Waals surface area contributed by atoms with Crippen molar-refractivity contribution in [3.05, 3.63) is 12.7 Å². The topological polar surface area (TPSA) is 30.7 Å². The maximum atomic E-state index is 11.0. The maximum absolute atomic E-state index is 11.0. The van der Waals surface area contributed by atoms with Crippen LogP contribution < -0.4 is 4.90 Å². The summed E-state index contributed by atoms with van der Waals surface area (Å²) in [6.45, 7) is 12.0. The molecule has 0 aromatic rings. The molecule has 1 heterocycles. The Morgan fingerprint density at radius 3 is 2.64 bits per heavy atom. The van der Waals surface area contributed by atoms with E-state index in [1.165, 1.54) is 11.0 Å². The standard InChI is InChI=1S/C11H19NO2/c1-5-10(13)14-9-6-7-12(8-9)11(2,3)4/h5,9H,1,6-8H2,2-4H3/p+1. The molecule has 1 fully saturated rings. The lowest BCUT2D eigenvalue weighted by atomic mass is 10.1. The molecule has 0 saturated carbocycles. The summed E-state index contributed by atoms with van der Waals surface area (Å²) < 4.78 is 5.21. The second kappa shape index (κ2) is 4.13. The van der Waals surface area contributed by atoms with Gasteiger partial charge in [0, 0.05) is 12.5 Å². The molecule has 1 rings (SSSR count). The zero-order valence-electron chi connectivity index (χ0n) is 9.30. The van der Waals surface area contributed by atoms with Crippen molar-refractivity contribution >= 4 is 5.97 Å². The Kier molecular flexibility index (Phi) is 3.32. The number of ether oxygens (including phenoxy) is 1. The fraction of sp³-hybridized carbons (Fsp3) is 0.727. The van der Waals surface area contributed by atoms with Gasteiger partial charge in [0.1, 0.15) is 6.54 Å². The summed E-state index contributed by atoms with van der Waals surface area (Å²) in [4.78, 5) is 12.5. The van der Waals surface area contributed by atoms with Gasteiger partial charge in [0.15, 0.2) is 6.10 Å². The molecule has 1 aliphatic rings. The average Bonchev–Trinajstić information content (AvgIpc) is 2.51. The molecular weight excluding hydrogens is 178 g/mol. The highest BCUT2D eigenvalue weighted by molar-refractivity contribution is 5.81. The van der Waals surface area contributed by atoms with E-state index in [0.29, 0.717) is 0 Å². The summed E-state index contributed by atoms with van der Waals surface area (Å²) in [7, 11) is 0. The summed E-state index contributed by atoms with van der Waals surface area (Å²) in [5.41, 5.74) is 0.245. The van der Waals surface area contributed by atoms with Crippen LogP contribution in [0, 0.1) is 0 Å². The summed E-state index contributed by atoms with van der Waals surface area (Å²) in [5.74, 6) is -0.301. The molecule has 3 nitrogen and oxygen atoms in total. The largest absolute Gasteiger partial charge is 0.453 e. The van der Waals surface area contributed by atoms with E-state index in [0.717, 1.165) is 19.5 Å². The minimum absolute atomic E-state index is 0.0784. The van der Waals surface area contributed by atoms with Crippen molar-refractivity contribution in [3.8, 4) is 0 Å². The van der Waals surface area contributed by atoms with Crippen LogP contribution in [0.2, 0.25) is 0 Å². The van der Waals surface area contributed by atoms with E-state index in [1.54, 1.807) is 0 Å². The van der Waals surface area contributed by atoms with E-state index in [1.807, 2.05) is 0 Å². The number of carbonyl (C=O) groups excluding carboxylic acids is 1. The number of esters is 1. The normalized spacial score (nSPS) is 27.4. The molecule has 0 amide bonds. The molecule has 1 aliphatic heterocycles. The third-order valence-corrected chi connectivity index (χ3v) is 2.75. The van der Waals surface area contributed by atoms with E-state index in [-0.39, 0.29) is 17.6 Å². The van der Waals surface area contributed by atoms with E-state index in [9.17, 15) is 4.79 Å². The molecule has 0 radical (unpaired) electrons. The molecule has 14 heavy (non-hydrogen) atoms. The Morgan fingerprint density at radius 1 is 1.57 bits per heavy atom. The van der Waals surface area contributed by atoms with Gasteiger partial charge in [-0.3, -0.25) is 0 Å². The van der Waals surface area contributed by atoms with Crippen molar-refractivity contribution in [3.63, 3.8) is 0 Å². The minimum Gasteiger partial charge on any atom is -0.453 e. The smallest absolute Gasteiger partial charge is 0.330 e. The van der Waals surface area contributed by atoms with Crippen LogP contribution in [0.4, 0.5) is 0 Å². The predicted octanol–water partition coefficient (Wildman–Crippen LogP) is 0.171. The summed E-state index contributed by atoms with van der Waals surface area (Å²) in [5, 5.41) is 0. The lowest BCUT2D eigenvalue weighted by Gasteiger charge is -2.28. The first-order valence-corrected chi connectivity index (χ1v) is 5.11. The Balaban J connectivity index is 2.42. The lowest BCUT2D eigenvalue weighted by Crippen LogP contribution is -3.17. The van der Waals surface area contributed by atoms with Gasteiger partial charge >= 0.3 is 5.97 Å². The fourth-order valence-corrected chi connectivity index (χ4v) is 1.81. The number of rotatable bonds is 2. The van der Waals surface area contributed by atoms with Crippen LogP contribution in [0.5, 0.6) is 0 Å². The van der Waals surface area contributed by atoms with Gasteiger partial charge in [-0.15, -0.1) is 0 Å². The molecule has 2 unspecified atom stereocenters. The van der Waals surface area contributed by atoms with Crippen molar-refractivity contribution in [1.29, 1.82) is 0 Å². The number of nitrogens with one attached hydrogen (secondary N) is 1. The van der Waals surface area contributed by atoms with Crippen LogP contribution in [0.1, 0.15) is 27.2 Å². The first-order valence-electron chi connectivity index (χ1n) is 5.11. The Labute approximate surface area is 85.7 Å². The van der Waals surface area contributed by atoms with Crippen molar-refractivity contribution in [2.75, 3.05) is 13.1 Å². The van der Waals surface area contributed by atoms with Crippen LogP contribution in [0.15, 0.2) is 12.7 Å². The number of carbonyl (C=O) groups is 1. The summed E-state index contributed by atoms with van der Waals surface area (Å²) in [6, 6.07) is 0. The third-order valence-electron chi connectivity index (χ3n) is 2.75. The Bertz CT molecular complexity index is 230. The van der Waals surface area contributed by atoms with Crippen LogP contribution in [-0.4, -0.2) is 30.7 Å². The SMILES string of the molecule is C=CC(=O)OC1CC[NH+](C(C)(C)C)C1. The molecular formula is C11H20NO2+. The van der Waals surface area contributed by atoms with Gasteiger partial charge in [-0.25, -0.2) is 4.79 Å². The second-order valence-electron chi connectivity index (χ2n) is 4.86. The Hall–Kier alpha value is -0.830. The van der Waals surface area contributed by atoms with Gasteiger partial charge in [-0.1, -0.05) is 6.58 Å². The minimum atomic E-state index is -0.301. The molecule has 80 valence electrons. The van der Waals surface area contributed by atoms with Gasteiger partial charge in [-0.2, -0.15) is 0 Å². The molecule has 0 spiro atoms. The van der Waals surface area contributed by atoms with Crippen molar-refractivity contribution in [2.24, 2.45) is 0 Å². The van der Waals surface area contributed by atoms with Gasteiger partial charge in [0.05, 0.1) is 12.1 Å². The first-order chi connectivity index (χ1) is 6.43. The molecule has 1 N–H and O–H groups in total. The van der Waals surface area contributed by atoms with Crippen LogP contribution in [0.25, 0.3) is 0 Å². The summed E-state index contributed by atoms with van der Waals surface area (Å²) >= 11 is 0. The number of quaternary nitrogens is 1. The highest BCUT2D eigenvalue weighted by Crippen LogP contribution is 2.04. The van der Waals surface area contributed by atoms with Gasteiger partial charge < -0.3 is 9.64 Å². The predicted molar refractivity (Wildman–Crippen MR) is 55.1 cm³/mol. The maximum Gasteiger partial charge on any atom is 0.330 e. The van der Waals surface area contributed by atoms with E-state index >= 15 is 0 Å². The van der Waals surface area contributed by atoms with Gasteiger partial charge in [0.25, 0.3) is 0 Å². The van der Waals surface area contributed by atoms with Gasteiger partial charge in [0.2, 0.25) is 0 Å². The van der Waals surface area contributed by atoms with Crippen molar-refractivity contribution < 1.29 is 14.4 Å². The zero-order valence-corrected chi connectivity index (χ0v) is 9.30. The van der Waals surface area contributed by atoms with Crippen LogP contribution >= 0.6 is 0 Å². The van der Waals surface area contributed by atoms with Crippen molar-refractivity contribution in [1.82, 2.24) is 0 Å². The van der Waals surface area contributed by atoms with Crippen LogP contribution in [-0.2, 0) is 9.53 Å². The highest BCUT2D eigenvalue weighted by Gasteiger charge is 2.35. The number of likely N-dealkylation sites (tertiary alicyclic amines) is 1. The second-order valence-corrected chi connectivity index (χ2v) is 4.86. The average molecular weight is 198 g/mol. The van der Waals surface area contributed by atoms with E-state index < -0.39 is 0 Å². The molecule has 3 heteroatoms. The molecule has 0 aromatic carbocycles.